The molecule has 1 aliphatic rings. The SMILES string of the molecule is Cc1nn(C)c2c1C(c1cc(Cl)c(OC(C)C)c(Cl)c1)CC(=O)N2. The molecule has 3 rings (SSSR count). The molecule has 24 heavy (non-hydrogen) atoms. The lowest BCUT2D eigenvalue weighted by molar-refractivity contribution is -0.116. The first-order valence-corrected chi connectivity index (χ1v) is 8.52. The summed E-state index contributed by atoms with van der Waals surface area (Å²) >= 11 is 12.8. The molecule has 1 atom stereocenters. The van der Waals surface area contributed by atoms with E-state index in [1.807, 2.05) is 40.0 Å². The van der Waals surface area contributed by atoms with Crippen molar-refractivity contribution in [2.75, 3.05) is 5.32 Å². The van der Waals surface area contributed by atoms with E-state index in [9.17, 15) is 4.79 Å². The summed E-state index contributed by atoms with van der Waals surface area (Å²) < 4.78 is 7.37. The van der Waals surface area contributed by atoms with E-state index in [4.69, 9.17) is 27.9 Å². The Hall–Kier alpha value is -1.72. The van der Waals surface area contributed by atoms with Crippen molar-refractivity contribution in [3.05, 3.63) is 39.0 Å². The van der Waals surface area contributed by atoms with Crippen LogP contribution in [0.4, 0.5) is 5.82 Å². The lowest BCUT2D eigenvalue weighted by Crippen LogP contribution is -2.24. The maximum Gasteiger partial charge on any atom is 0.226 e. The molecule has 0 radical (unpaired) electrons. The van der Waals surface area contributed by atoms with Gasteiger partial charge < -0.3 is 10.1 Å². The minimum atomic E-state index is -0.134. The Morgan fingerprint density at radius 2 is 1.96 bits per heavy atom. The Bertz CT molecular complexity index is 791. The largest absolute Gasteiger partial charge is 0.488 e. The smallest absolute Gasteiger partial charge is 0.226 e. The van der Waals surface area contributed by atoms with E-state index >= 15 is 0 Å². The van der Waals surface area contributed by atoms with Crippen LogP contribution in [0, 0.1) is 6.92 Å². The van der Waals surface area contributed by atoms with Crippen molar-refractivity contribution in [2.45, 2.75) is 39.2 Å². The minimum absolute atomic E-state index is 0.0292. The fraction of sp³-hybridized carbons (Fsp3) is 0.412. The van der Waals surface area contributed by atoms with Crippen molar-refractivity contribution in [1.82, 2.24) is 9.78 Å². The second kappa shape index (κ2) is 6.30. The summed E-state index contributed by atoms with van der Waals surface area (Å²) in [6.45, 7) is 5.76. The van der Waals surface area contributed by atoms with Gasteiger partial charge in [-0.15, -0.1) is 0 Å². The number of anilines is 1. The van der Waals surface area contributed by atoms with Gasteiger partial charge in [0, 0.05) is 24.9 Å². The normalized spacial score (nSPS) is 17.0. The van der Waals surface area contributed by atoms with Crippen LogP contribution in [0.15, 0.2) is 12.1 Å². The fourth-order valence-corrected chi connectivity index (χ4v) is 3.72. The van der Waals surface area contributed by atoms with Gasteiger partial charge in [0.25, 0.3) is 0 Å². The topological polar surface area (TPSA) is 56.2 Å². The maximum absolute atomic E-state index is 12.1. The van der Waals surface area contributed by atoms with E-state index in [2.05, 4.69) is 10.4 Å². The number of fused-ring (bicyclic) bond motifs is 1. The third kappa shape index (κ3) is 2.98. The fourth-order valence-electron chi connectivity index (χ4n) is 3.12. The van der Waals surface area contributed by atoms with E-state index in [-0.39, 0.29) is 17.9 Å². The number of ether oxygens (including phenoxy) is 1. The molecule has 0 saturated carbocycles. The molecule has 7 heteroatoms. The second-order valence-corrected chi connectivity index (χ2v) is 7.07. The zero-order valence-corrected chi connectivity index (χ0v) is 15.5. The van der Waals surface area contributed by atoms with Gasteiger partial charge in [0.15, 0.2) is 5.75 Å². The number of nitrogens with zero attached hydrogens (tertiary/aromatic N) is 2. The molecule has 2 heterocycles. The van der Waals surface area contributed by atoms with E-state index in [1.54, 1.807) is 4.68 Å². The van der Waals surface area contributed by atoms with Crippen LogP contribution in [-0.4, -0.2) is 21.8 Å². The van der Waals surface area contributed by atoms with Crippen LogP contribution in [-0.2, 0) is 11.8 Å². The van der Waals surface area contributed by atoms with Crippen molar-refractivity contribution in [1.29, 1.82) is 0 Å². The van der Waals surface area contributed by atoms with E-state index in [1.165, 1.54) is 0 Å². The van der Waals surface area contributed by atoms with Crippen molar-refractivity contribution in [3.8, 4) is 5.75 Å². The van der Waals surface area contributed by atoms with Crippen molar-refractivity contribution >= 4 is 34.9 Å². The number of hydrogen-bond acceptors (Lipinski definition) is 3. The molecule has 0 aliphatic carbocycles. The number of benzene rings is 1. The van der Waals surface area contributed by atoms with Gasteiger partial charge >= 0.3 is 0 Å². The quantitative estimate of drug-likeness (QED) is 0.879. The molecule has 0 fully saturated rings. The first-order chi connectivity index (χ1) is 11.3. The number of aromatic nitrogens is 2. The Morgan fingerprint density at radius 1 is 1.33 bits per heavy atom. The minimum Gasteiger partial charge on any atom is -0.488 e. The summed E-state index contributed by atoms with van der Waals surface area (Å²) in [4.78, 5) is 12.1. The molecule has 1 aromatic carbocycles. The standard InChI is InChI=1S/C17H19Cl2N3O2/c1-8(2)24-16-12(18)5-10(6-13(16)19)11-7-14(23)20-17-15(11)9(3)21-22(17)4/h5-6,8,11H,7H2,1-4H3,(H,20,23). The number of carbonyl (C=O) groups is 1. The third-order valence-corrected chi connectivity index (χ3v) is 4.60. The summed E-state index contributed by atoms with van der Waals surface area (Å²) in [7, 11) is 1.81. The van der Waals surface area contributed by atoms with Crippen LogP contribution in [0.5, 0.6) is 5.75 Å². The molecule has 1 amide bonds. The summed E-state index contributed by atoms with van der Waals surface area (Å²) in [6.07, 6.45) is 0.301. The van der Waals surface area contributed by atoms with Crippen LogP contribution >= 0.6 is 23.2 Å². The van der Waals surface area contributed by atoms with Gasteiger partial charge in [0.05, 0.1) is 21.8 Å². The van der Waals surface area contributed by atoms with E-state index < -0.39 is 0 Å². The first kappa shape index (κ1) is 17.1. The highest BCUT2D eigenvalue weighted by molar-refractivity contribution is 6.37. The Labute approximate surface area is 150 Å². The molecular formula is C17H19Cl2N3O2. The monoisotopic (exact) mass is 367 g/mol. The molecule has 2 aromatic rings. The third-order valence-electron chi connectivity index (χ3n) is 4.04. The zero-order chi connectivity index (χ0) is 17.6. The molecule has 5 nitrogen and oxygen atoms in total. The molecule has 1 N–H and O–H groups in total. The summed E-state index contributed by atoms with van der Waals surface area (Å²) in [5.41, 5.74) is 2.77. The van der Waals surface area contributed by atoms with Crippen LogP contribution in [0.3, 0.4) is 0 Å². The van der Waals surface area contributed by atoms with E-state index in [0.29, 0.717) is 22.2 Å². The number of nitrogens with one attached hydrogen (secondary N) is 1. The Balaban J connectivity index is 2.09. The van der Waals surface area contributed by atoms with Gasteiger partial charge in [-0.25, -0.2) is 0 Å². The number of rotatable bonds is 3. The van der Waals surface area contributed by atoms with Crippen LogP contribution in [0.1, 0.15) is 43.0 Å². The number of hydrogen-bond donors (Lipinski definition) is 1. The average Bonchev–Trinajstić information content (AvgIpc) is 2.76. The first-order valence-electron chi connectivity index (χ1n) is 7.76. The average molecular weight is 368 g/mol. The molecule has 0 saturated heterocycles. The van der Waals surface area contributed by atoms with E-state index in [0.717, 1.165) is 22.6 Å². The molecule has 0 spiro atoms. The van der Waals surface area contributed by atoms with Crippen molar-refractivity contribution < 1.29 is 9.53 Å². The predicted molar refractivity (Wildman–Crippen MR) is 95.3 cm³/mol. The van der Waals surface area contributed by atoms with Crippen LogP contribution < -0.4 is 10.1 Å². The highest BCUT2D eigenvalue weighted by Gasteiger charge is 2.32. The predicted octanol–water partition coefficient (Wildman–Crippen LogP) is 4.30. The van der Waals surface area contributed by atoms with Gasteiger partial charge in [0.1, 0.15) is 5.82 Å². The van der Waals surface area contributed by atoms with Gasteiger partial charge in [-0.05, 0) is 38.5 Å². The number of amides is 1. The molecule has 1 aliphatic heterocycles. The van der Waals surface area contributed by atoms with Crippen molar-refractivity contribution in [2.24, 2.45) is 7.05 Å². The Kier molecular flexibility index (Phi) is 4.49. The lowest BCUT2D eigenvalue weighted by Gasteiger charge is -2.25. The van der Waals surface area contributed by atoms with Crippen LogP contribution in [0.2, 0.25) is 10.0 Å². The lowest BCUT2D eigenvalue weighted by atomic mass is 9.86. The van der Waals surface area contributed by atoms with Gasteiger partial charge in [-0.3, -0.25) is 9.48 Å². The molecule has 128 valence electrons. The zero-order valence-electron chi connectivity index (χ0n) is 14.0. The molecule has 1 aromatic heterocycles. The highest BCUT2D eigenvalue weighted by atomic mass is 35.5. The van der Waals surface area contributed by atoms with Gasteiger partial charge in [0.2, 0.25) is 5.91 Å². The van der Waals surface area contributed by atoms with Gasteiger partial charge in [-0.1, -0.05) is 23.2 Å². The second-order valence-electron chi connectivity index (χ2n) is 6.26. The summed E-state index contributed by atoms with van der Waals surface area (Å²) in [6, 6.07) is 3.65. The summed E-state index contributed by atoms with van der Waals surface area (Å²) in [5.74, 6) is 1.01. The van der Waals surface area contributed by atoms with Gasteiger partial charge in [-0.2, -0.15) is 5.10 Å². The number of halogens is 2. The van der Waals surface area contributed by atoms with Crippen molar-refractivity contribution in [3.63, 3.8) is 0 Å². The molecule has 0 bridgehead atoms. The Morgan fingerprint density at radius 3 is 2.54 bits per heavy atom. The number of carbonyl (C=O) groups excluding carboxylic acids is 1. The number of aryl methyl sites for hydroxylation is 2. The maximum atomic E-state index is 12.1. The summed E-state index contributed by atoms with van der Waals surface area (Å²) in [5, 5.41) is 8.19. The van der Waals surface area contributed by atoms with Crippen LogP contribution in [0.25, 0.3) is 0 Å². The highest BCUT2D eigenvalue weighted by Crippen LogP contribution is 2.43. The molecule has 1 unspecified atom stereocenters. The molecular weight excluding hydrogens is 349 g/mol.